The van der Waals surface area contributed by atoms with E-state index in [1.807, 2.05) is 85.8 Å². The minimum absolute atomic E-state index is 0.196. The highest BCUT2D eigenvalue weighted by molar-refractivity contribution is 7.07. The summed E-state index contributed by atoms with van der Waals surface area (Å²) in [4.78, 5) is 33.4. The second-order valence-electron chi connectivity index (χ2n) is 10.4. The molecule has 222 valence electrons. The Morgan fingerprint density at radius 2 is 1.61 bits per heavy atom. The zero-order valence-electron chi connectivity index (χ0n) is 25.1. The fraction of sp³-hybridized carbons (Fsp3) is 0.194. The maximum Gasteiger partial charge on any atom is 0.338 e. The predicted octanol–water partition coefficient (Wildman–Crippen LogP) is 5.74. The molecule has 0 N–H and O–H groups in total. The lowest BCUT2D eigenvalue weighted by Gasteiger charge is -2.26. The van der Waals surface area contributed by atoms with Gasteiger partial charge in [-0.25, -0.2) is 9.79 Å². The third-order valence-corrected chi connectivity index (χ3v) is 8.63. The standard InChI is InChI=1S/C36H33N3O4S/c1-5-42-29-19-17-26(18-20-29)33-31(35(41)43-6-2)32(25-13-9-7-10-14-25)37-36-39(33)34(40)30(44-36)22-27-21-23(3)38(24(27)4)28-15-11-8-12-16-28/h7-22,33H,5-6H2,1-4H3/b30-22-/t33-/m0/s1. The minimum Gasteiger partial charge on any atom is -0.494 e. The molecule has 3 aromatic carbocycles. The molecule has 3 heterocycles. The number of fused-ring (bicyclic) bond motifs is 1. The Morgan fingerprint density at radius 3 is 2.27 bits per heavy atom. The summed E-state index contributed by atoms with van der Waals surface area (Å²) >= 11 is 1.32. The van der Waals surface area contributed by atoms with Gasteiger partial charge in [0.1, 0.15) is 5.75 Å². The molecule has 0 aliphatic carbocycles. The first-order valence-electron chi connectivity index (χ1n) is 14.7. The Kier molecular flexibility index (Phi) is 8.17. The third-order valence-electron chi connectivity index (χ3n) is 7.65. The summed E-state index contributed by atoms with van der Waals surface area (Å²) in [5, 5.41) is 0. The predicted molar refractivity (Wildman–Crippen MR) is 174 cm³/mol. The van der Waals surface area contributed by atoms with Gasteiger partial charge in [0, 0.05) is 22.6 Å². The van der Waals surface area contributed by atoms with Crippen molar-refractivity contribution >= 4 is 29.1 Å². The number of hydrogen-bond donors (Lipinski definition) is 0. The molecular formula is C36H33N3O4S. The average Bonchev–Trinajstić information content (AvgIpc) is 3.51. The monoisotopic (exact) mass is 603 g/mol. The number of para-hydroxylation sites is 1. The Labute approximate surface area is 259 Å². The van der Waals surface area contributed by atoms with E-state index in [0.29, 0.717) is 33.0 Å². The summed E-state index contributed by atoms with van der Waals surface area (Å²) in [7, 11) is 0. The van der Waals surface area contributed by atoms with Crippen LogP contribution >= 0.6 is 11.3 Å². The second kappa shape index (κ2) is 12.3. The number of esters is 1. The summed E-state index contributed by atoms with van der Waals surface area (Å²) < 4.78 is 15.6. The van der Waals surface area contributed by atoms with E-state index in [2.05, 4.69) is 36.6 Å². The number of rotatable bonds is 8. The smallest absolute Gasteiger partial charge is 0.338 e. The van der Waals surface area contributed by atoms with Crippen molar-refractivity contribution in [1.29, 1.82) is 0 Å². The zero-order chi connectivity index (χ0) is 30.8. The maximum atomic E-state index is 14.3. The summed E-state index contributed by atoms with van der Waals surface area (Å²) in [6, 6.07) is 28.6. The molecule has 1 aliphatic heterocycles. The number of aryl methyl sites for hydroxylation is 1. The number of carbonyl (C=O) groups is 1. The molecule has 0 radical (unpaired) electrons. The number of aromatic nitrogens is 2. The van der Waals surface area contributed by atoms with E-state index in [1.54, 1.807) is 11.5 Å². The van der Waals surface area contributed by atoms with Gasteiger partial charge in [-0.05, 0) is 75.2 Å². The van der Waals surface area contributed by atoms with Crippen LogP contribution in [0.3, 0.4) is 0 Å². The molecule has 8 heteroatoms. The Balaban J connectivity index is 1.59. The molecule has 0 spiro atoms. The molecule has 1 aliphatic rings. The molecule has 0 saturated heterocycles. The van der Waals surface area contributed by atoms with Crippen LogP contribution in [0.5, 0.6) is 5.75 Å². The largest absolute Gasteiger partial charge is 0.494 e. The van der Waals surface area contributed by atoms with Gasteiger partial charge in [-0.15, -0.1) is 0 Å². The number of nitrogens with zero attached hydrogens (tertiary/aromatic N) is 3. The molecule has 0 unspecified atom stereocenters. The number of hydrogen-bond acceptors (Lipinski definition) is 6. The van der Waals surface area contributed by atoms with Crippen LogP contribution in [0.2, 0.25) is 0 Å². The van der Waals surface area contributed by atoms with Crippen LogP contribution in [-0.4, -0.2) is 28.3 Å². The molecular weight excluding hydrogens is 570 g/mol. The molecule has 5 aromatic rings. The lowest BCUT2D eigenvalue weighted by atomic mass is 9.93. The van der Waals surface area contributed by atoms with E-state index in [9.17, 15) is 9.59 Å². The number of ether oxygens (including phenoxy) is 2. The van der Waals surface area contributed by atoms with Crippen LogP contribution in [0, 0.1) is 13.8 Å². The van der Waals surface area contributed by atoms with Crippen molar-refractivity contribution in [3.05, 3.63) is 144 Å². The first kappa shape index (κ1) is 29.1. The highest BCUT2D eigenvalue weighted by Crippen LogP contribution is 2.35. The highest BCUT2D eigenvalue weighted by Gasteiger charge is 2.35. The Hall–Kier alpha value is -4.95. The zero-order valence-corrected chi connectivity index (χ0v) is 25.9. The van der Waals surface area contributed by atoms with Crippen molar-refractivity contribution in [3.8, 4) is 11.4 Å². The molecule has 0 bridgehead atoms. The average molecular weight is 604 g/mol. The molecule has 0 fully saturated rings. The summed E-state index contributed by atoms with van der Waals surface area (Å²) in [6.07, 6.45) is 1.93. The van der Waals surface area contributed by atoms with Crippen molar-refractivity contribution in [2.75, 3.05) is 13.2 Å². The lowest BCUT2D eigenvalue weighted by molar-refractivity contribution is -0.138. The number of thiazole rings is 1. The SMILES string of the molecule is CCOC(=O)C1=C(c2ccccc2)N=c2s/c(=C\c3cc(C)n(-c4ccccc4)c3C)c(=O)n2[C@H]1c1ccc(OCC)cc1. The van der Waals surface area contributed by atoms with Crippen molar-refractivity contribution in [2.24, 2.45) is 4.99 Å². The Morgan fingerprint density at radius 1 is 0.932 bits per heavy atom. The van der Waals surface area contributed by atoms with Crippen LogP contribution in [0.15, 0.2) is 106 Å². The van der Waals surface area contributed by atoms with Crippen molar-refractivity contribution in [1.82, 2.24) is 9.13 Å². The van der Waals surface area contributed by atoms with Crippen molar-refractivity contribution in [2.45, 2.75) is 33.7 Å². The van der Waals surface area contributed by atoms with Gasteiger partial charge in [-0.3, -0.25) is 9.36 Å². The van der Waals surface area contributed by atoms with Crippen molar-refractivity contribution in [3.63, 3.8) is 0 Å². The molecule has 6 rings (SSSR count). The molecule has 7 nitrogen and oxygen atoms in total. The summed E-state index contributed by atoms with van der Waals surface area (Å²) in [5.74, 6) is 0.206. The molecule has 44 heavy (non-hydrogen) atoms. The van der Waals surface area contributed by atoms with Crippen LogP contribution in [-0.2, 0) is 9.53 Å². The topological polar surface area (TPSA) is 74.8 Å². The Bertz CT molecular complexity index is 2040. The third kappa shape index (κ3) is 5.33. The molecule has 1 atom stereocenters. The summed E-state index contributed by atoms with van der Waals surface area (Å²) in [5.41, 5.74) is 6.24. The first-order valence-corrected chi connectivity index (χ1v) is 15.5. The van der Waals surface area contributed by atoms with Gasteiger partial charge in [-0.1, -0.05) is 72.0 Å². The van der Waals surface area contributed by atoms with E-state index >= 15 is 0 Å². The van der Waals surface area contributed by atoms with E-state index in [-0.39, 0.29) is 12.2 Å². The van der Waals surface area contributed by atoms with E-state index < -0.39 is 12.0 Å². The maximum absolute atomic E-state index is 14.3. The minimum atomic E-state index is -0.741. The van der Waals surface area contributed by atoms with Gasteiger partial charge < -0.3 is 14.0 Å². The molecule has 2 aromatic heterocycles. The van der Waals surface area contributed by atoms with Crippen LogP contribution in [0.4, 0.5) is 0 Å². The molecule has 0 amide bonds. The van der Waals surface area contributed by atoms with Gasteiger partial charge >= 0.3 is 5.97 Å². The normalized spacial score (nSPS) is 14.7. The van der Waals surface area contributed by atoms with Gasteiger partial charge in [0.25, 0.3) is 5.56 Å². The number of benzene rings is 3. The van der Waals surface area contributed by atoms with E-state index in [4.69, 9.17) is 14.5 Å². The van der Waals surface area contributed by atoms with Gasteiger partial charge in [0.05, 0.1) is 35.1 Å². The van der Waals surface area contributed by atoms with E-state index in [1.165, 1.54) is 11.3 Å². The van der Waals surface area contributed by atoms with Gasteiger partial charge in [0.15, 0.2) is 4.80 Å². The van der Waals surface area contributed by atoms with E-state index in [0.717, 1.165) is 33.8 Å². The summed E-state index contributed by atoms with van der Waals surface area (Å²) in [6.45, 7) is 8.54. The van der Waals surface area contributed by atoms with Gasteiger partial charge in [-0.2, -0.15) is 0 Å². The van der Waals surface area contributed by atoms with Crippen molar-refractivity contribution < 1.29 is 14.3 Å². The van der Waals surface area contributed by atoms with Gasteiger partial charge in [0.2, 0.25) is 0 Å². The lowest BCUT2D eigenvalue weighted by Crippen LogP contribution is -2.40. The highest BCUT2D eigenvalue weighted by atomic mass is 32.1. The van der Waals surface area contributed by atoms with Crippen LogP contribution in [0.1, 0.15) is 48.0 Å². The second-order valence-corrected chi connectivity index (χ2v) is 11.4. The number of carbonyl (C=O) groups excluding carboxylic acids is 1. The fourth-order valence-corrected chi connectivity index (χ4v) is 6.71. The van der Waals surface area contributed by atoms with Crippen LogP contribution in [0.25, 0.3) is 17.5 Å². The molecule has 0 saturated carbocycles. The van der Waals surface area contributed by atoms with Crippen LogP contribution < -0.4 is 19.6 Å². The quantitative estimate of drug-likeness (QED) is 0.212. The fourth-order valence-electron chi connectivity index (χ4n) is 5.72. The first-order chi connectivity index (χ1) is 21.4.